The molecule has 1 fully saturated rings. The molecule has 0 radical (unpaired) electrons. The molecule has 1 atom stereocenters. The quantitative estimate of drug-likeness (QED) is 0.490. The number of nitrogens with one attached hydrogen (secondary N) is 3. The number of anilines is 2. The number of aromatic nitrogens is 1. The second kappa shape index (κ2) is 13.2. The van der Waals surface area contributed by atoms with Crippen molar-refractivity contribution in [1.29, 1.82) is 0 Å². The van der Waals surface area contributed by atoms with E-state index in [1.54, 1.807) is 12.3 Å². The molecule has 3 heterocycles. The largest absolute Gasteiger partial charge is 0.493 e. The molecule has 7 heteroatoms. The minimum absolute atomic E-state index is 0.478. The first-order chi connectivity index (χ1) is 16.5. The van der Waals surface area contributed by atoms with Crippen LogP contribution in [-0.2, 0) is 12.8 Å². The van der Waals surface area contributed by atoms with Gasteiger partial charge in [0.2, 0.25) is 0 Å². The van der Waals surface area contributed by atoms with Crippen LogP contribution in [0, 0.1) is 5.92 Å². The van der Waals surface area contributed by atoms with E-state index in [4.69, 9.17) is 16.3 Å². The van der Waals surface area contributed by atoms with E-state index in [2.05, 4.69) is 58.5 Å². The maximum atomic E-state index is 6.42. The highest BCUT2D eigenvalue weighted by molar-refractivity contribution is 6.45. The van der Waals surface area contributed by atoms with E-state index in [0.717, 1.165) is 67.2 Å². The van der Waals surface area contributed by atoms with Crippen LogP contribution in [0.2, 0.25) is 0 Å². The second-order valence-corrected chi connectivity index (χ2v) is 8.98. The van der Waals surface area contributed by atoms with Gasteiger partial charge in [-0.3, -0.25) is 4.98 Å². The molecular weight excluding hydrogens is 446 g/mol. The summed E-state index contributed by atoms with van der Waals surface area (Å²) in [7, 11) is 0. The summed E-state index contributed by atoms with van der Waals surface area (Å²) in [4.78, 5) is 8.92. The predicted molar refractivity (Wildman–Crippen MR) is 144 cm³/mol. The topological polar surface area (TPSA) is 70.6 Å². The van der Waals surface area contributed by atoms with Gasteiger partial charge in [-0.2, -0.15) is 0 Å². The highest BCUT2D eigenvalue weighted by Crippen LogP contribution is 2.27. The van der Waals surface area contributed by atoms with E-state index in [1.165, 1.54) is 6.42 Å². The third-order valence-corrected chi connectivity index (χ3v) is 5.85. The van der Waals surface area contributed by atoms with Crippen LogP contribution in [0.15, 0.2) is 65.2 Å². The lowest BCUT2D eigenvalue weighted by Gasteiger charge is -2.17. The first kappa shape index (κ1) is 25.8. The van der Waals surface area contributed by atoms with Gasteiger partial charge in [-0.15, -0.1) is 0 Å². The molecule has 1 aromatic heterocycles. The molecule has 0 amide bonds. The summed E-state index contributed by atoms with van der Waals surface area (Å²) < 4.78 is 6.24. The summed E-state index contributed by atoms with van der Waals surface area (Å²) in [5, 5.41) is 10.4. The Morgan fingerprint density at radius 2 is 2.00 bits per heavy atom. The van der Waals surface area contributed by atoms with Gasteiger partial charge in [0.25, 0.3) is 0 Å². The molecule has 2 aromatic rings. The molecule has 4 bridgehead atoms. The van der Waals surface area contributed by atoms with Crippen LogP contribution in [0.3, 0.4) is 0 Å². The molecule has 4 rings (SSSR count). The smallest absolute Gasteiger partial charge is 0.151 e. The number of benzene rings is 1. The van der Waals surface area contributed by atoms with Crippen molar-refractivity contribution >= 4 is 28.8 Å². The van der Waals surface area contributed by atoms with Crippen molar-refractivity contribution in [2.45, 2.75) is 46.5 Å². The summed E-state index contributed by atoms with van der Waals surface area (Å²) in [5.41, 5.74) is 4.03. The first-order valence-electron chi connectivity index (χ1n) is 12.1. The van der Waals surface area contributed by atoms with Gasteiger partial charge in [-0.1, -0.05) is 44.5 Å². The molecule has 182 valence electrons. The fraction of sp³-hybridized carbons (Fsp3) is 0.407. The normalized spacial score (nSPS) is 19.6. The summed E-state index contributed by atoms with van der Waals surface area (Å²) in [5.74, 6) is 2.49. The summed E-state index contributed by atoms with van der Waals surface area (Å²) in [6.45, 7) is 13.0. The molecule has 1 saturated heterocycles. The Morgan fingerprint density at radius 1 is 1.18 bits per heavy atom. The van der Waals surface area contributed by atoms with Gasteiger partial charge in [0.1, 0.15) is 11.6 Å². The summed E-state index contributed by atoms with van der Waals surface area (Å²) in [6, 6.07) is 8.22. The van der Waals surface area contributed by atoms with Gasteiger partial charge in [0, 0.05) is 24.3 Å². The van der Waals surface area contributed by atoms with Crippen LogP contribution in [-0.4, -0.2) is 30.5 Å². The number of nitrogens with zero attached hydrogens (tertiary/aromatic N) is 2. The molecule has 0 aliphatic carbocycles. The molecule has 3 N–H and O–H groups in total. The zero-order valence-electron chi connectivity index (χ0n) is 20.5. The number of fused-ring (bicyclic) bond motifs is 4. The van der Waals surface area contributed by atoms with Gasteiger partial charge in [0.05, 0.1) is 23.5 Å². The van der Waals surface area contributed by atoms with Gasteiger partial charge >= 0.3 is 0 Å². The summed E-state index contributed by atoms with van der Waals surface area (Å²) in [6.07, 6.45) is 9.55. The van der Waals surface area contributed by atoms with Crippen molar-refractivity contribution in [2.24, 2.45) is 10.9 Å². The highest BCUT2D eigenvalue weighted by Gasteiger charge is 2.17. The average molecular weight is 482 g/mol. The number of ether oxygens (including phenoxy) is 1. The molecule has 6 nitrogen and oxygen atoms in total. The van der Waals surface area contributed by atoms with Crippen molar-refractivity contribution in [3.63, 3.8) is 0 Å². The average Bonchev–Trinajstić information content (AvgIpc) is 3.35. The third-order valence-electron chi connectivity index (χ3n) is 5.45. The Kier molecular flexibility index (Phi) is 9.98. The van der Waals surface area contributed by atoms with Crippen molar-refractivity contribution in [2.75, 3.05) is 30.3 Å². The number of hydrogen-bond acceptors (Lipinski definition) is 6. The Labute approximate surface area is 208 Å². The number of halogens is 1. The minimum Gasteiger partial charge on any atom is -0.493 e. The maximum absolute atomic E-state index is 6.42. The van der Waals surface area contributed by atoms with Crippen LogP contribution in [0.4, 0.5) is 11.4 Å². The molecule has 1 aromatic carbocycles. The van der Waals surface area contributed by atoms with E-state index in [-0.39, 0.29) is 0 Å². The lowest BCUT2D eigenvalue weighted by Crippen LogP contribution is -2.16. The Hall–Kier alpha value is -2.83. The monoisotopic (exact) mass is 481 g/mol. The standard InChI is InChI=1S/C24H28ClN5O.C3H8/c1-3-22(25)24-29-16(2)28-21-10-17(12-27-14-21)4-5-19-11-20(30-24)6-7-23(19)31-15-18-8-9-26-13-18;1-3-2/h3,6-7,10-12,14,18,26,28H,2,4-5,8-9,13,15H2,1H3,(H,29,30);3H2,1-2H3/b22-3+;. The Morgan fingerprint density at radius 3 is 2.74 bits per heavy atom. The molecule has 1 unspecified atom stereocenters. The molecule has 0 saturated carbocycles. The highest BCUT2D eigenvalue weighted by atomic mass is 35.5. The number of aryl methyl sites for hydroxylation is 2. The van der Waals surface area contributed by atoms with Gasteiger partial charge in [-0.05, 0) is 68.1 Å². The third kappa shape index (κ3) is 7.61. The first-order valence-corrected chi connectivity index (χ1v) is 12.4. The fourth-order valence-electron chi connectivity index (χ4n) is 3.77. The van der Waals surface area contributed by atoms with E-state index in [0.29, 0.717) is 22.6 Å². The van der Waals surface area contributed by atoms with Crippen molar-refractivity contribution in [1.82, 2.24) is 10.3 Å². The van der Waals surface area contributed by atoms with Crippen LogP contribution < -0.4 is 20.7 Å². The molecular formula is C27H36ClN5O. The second-order valence-electron chi connectivity index (χ2n) is 8.58. The van der Waals surface area contributed by atoms with Crippen molar-refractivity contribution < 1.29 is 4.74 Å². The predicted octanol–water partition coefficient (Wildman–Crippen LogP) is 6.12. The van der Waals surface area contributed by atoms with Gasteiger partial charge in [-0.25, -0.2) is 4.99 Å². The number of aliphatic imine (C=N–C) groups is 1. The number of pyridine rings is 1. The van der Waals surface area contributed by atoms with Gasteiger partial charge in [0.15, 0.2) is 5.84 Å². The van der Waals surface area contributed by atoms with Crippen LogP contribution in [0.1, 0.15) is 44.7 Å². The zero-order chi connectivity index (χ0) is 24.3. The van der Waals surface area contributed by atoms with Crippen LogP contribution >= 0.6 is 11.6 Å². The summed E-state index contributed by atoms with van der Waals surface area (Å²) >= 11 is 6.42. The maximum Gasteiger partial charge on any atom is 0.151 e. The van der Waals surface area contributed by atoms with E-state index < -0.39 is 0 Å². The lowest BCUT2D eigenvalue weighted by molar-refractivity contribution is 0.258. The molecule has 0 spiro atoms. The Bertz CT molecular complexity index is 1030. The molecule has 2 aliphatic heterocycles. The van der Waals surface area contributed by atoms with Gasteiger partial charge < -0.3 is 20.7 Å². The zero-order valence-corrected chi connectivity index (χ0v) is 21.2. The fourth-order valence-corrected chi connectivity index (χ4v) is 3.86. The minimum atomic E-state index is 0.478. The van der Waals surface area contributed by atoms with Crippen molar-refractivity contribution in [3.8, 4) is 5.75 Å². The Balaban J connectivity index is 0.00000103. The SMILES string of the molecule is C=C1/N=C(\C(Cl)=C/C)Nc2ccc(OCC3CCNC3)c(c2)CCc2cncc(c2)N1.CCC. The molecule has 34 heavy (non-hydrogen) atoms. The van der Waals surface area contributed by atoms with Crippen molar-refractivity contribution in [3.05, 3.63) is 71.3 Å². The number of rotatable bonds is 4. The number of allylic oxidation sites excluding steroid dienone is 1. The lowest BCUT2D eigenvalue weighted by atomic mass is 10.0. The van der Waals surface area contributed by atoms with Crippen LogP contribution in [0.5, 0.6) is 5.75 Å². The van der Waals surface area contributed by atoms with E-state index in [9.17, 15) is 0 Å². The van der Waals surface area contributed by atoms with E-state index in [1.807, 2.05) is 25.3 Å². The number of amidine groups is 1. The number of hydrogen-bond donors (Lipinski definition) is 3. The molecule has 2 aliphatic rings. The van der Waals surface area contributed by atoms with E-state index >= 15 is 0 Å². The van der Waals surface area contributed by atoms with Crippen LogP contribution in [0.25, 0.3) is 0 Å².